The van der Waals surface area contributed by atoms with E-state index in [4.69, 9.17) is 11.2 Å². The van der Waals surface area contributed by atoms with E-state index in [-0.39, 0.29) is 5.57 Å². The molecule has 76 valence electrons. The predicted molar refractivity (Wildman–Crippen MR) is 59.9 cm³/mol. The van der Waals surface area contributed by atoms with Gasteiger partial charge in [0, 0.05) is 0 Å². The minimum atomic E-state index is -0.455. The number of carbonyl (C=O) groups excluding carboxylic acids is 1. The molecule has 0 atom stereocenters. The van der Waals surface area contributed by atoms with Crippen molar-refractivity contribution in [1.29, 1.82) is 0 Å². The molecule has 0 N–H and O–H groups in total. The first-order chi connectivity index (χ1) is 7.27. The summed E-state index contributed by atoms with van der Waals surface area (Å²) in [6, 6.07) is 9.40. The average molecular weight is 200 g/mol. The van der Waals surface area contributed by atoms with Crippen molar-refractivity contribution in [3.8, 4) is 12.3 Å². The van der Waals surface area contributed by atoms with Gasteiger partial charge in [0.05, 0.1) is 6.61 Å². The van der Waals surface area contributed by atoms with E-state index in [1.165, 1.54) is 0 Å². The van der Waals surface area contributed by atoms with E-state index in [2.05, 4.69) is 5.92 Å². The van der Waals surface area contributed by atoms with Crippen LogP contribution in [0.2, 0.25) is 0 Å². The smallest absolute Gasteiger partial charge is 0.346 e. The minimum absolute atomic E-state index is 0.239. The van der Waals surface area contributed by atoms with E-state index >= 15 is 0 Å². The maximum atomic E-state index is 11.3. The minimum Gasteiger partial charge on any atom is -0.462 e. The van der Waals surface area contributed by atoms with Gasteiger partial charge in [-0.25, -0.2) is 4.79 Å². The summed E-state index contributed by atoms with van der Waals surface area (Å²) in [7, 11) is 0. The highest BCUT2D eigenvalue weighted by atomic mass is 16.5. The van der Waals surface area contributed by atoms with Gasteiger partial charge in [-0.15, -0.1) is 6.42 Å². The van der Waals surface area contributed by atoms with Crippen LogP contribution in [0, 0.1) is 12.3 Å². The molecule has 0 fully saturated rings. The maximum Gasteiger partial charge on any atom is 0.346 e. The molecule has 0 spiro atoms. The monoisotopic (exact) mass is 200 g/mol. The second-order valence-corrected chi connectivity index (χ2v) is 2.83. The van der Waals surface area contributed by atoms with Crippen molar-refractivity contribution >= 4 is 12.0 Å². The second-order valence-electron chi connectivity index (χ2n) is 2.83. The molecule has 0 aliphatic heterocycles. The van der Waals surface area contributed by atoms with Crippen molar-refractivity contribution in [2.45, 2.75) is 6.92 Å². The number of hydrogen-bond acceptors (Lipinski definition) is 2. The van der Waals surface area contributed by atoms with Crippen molar-refractivity contribution in [2.24, 2.45) is 0 Å². The highest BCUT2D eigenvalue weighted by Crippen LogP contribution is 2.07. The number of terminal acetylenes is 1. The Bertz CT molecular complexity index is 396. The lowest BCUT2D eigenvalue weighted by molar-refractivity contribution is -0.137. The lowest BCUT2D eigenvalue weighted by Crippen LogP contribution is -2.05. The fourth-order valence-corrected chi connectivity index (χ4v) is 1.08. The topological polar surface area (TPSA) is 26.3 Å². The Morgan fingerprint density at radius 1 is 1.47 bits per heavy atom. The summed E-state index contributed by atoms with van der Waals surface area (Å²) in [5.74, 6) is 1.87. The first kappa shape index (κ1) is 11.1. The first-order valence-corrected chi connectivity index (χ1v) is 4.68. The third kappa shape index (κ3) is 3.32. The third-order valence-electron chi connectivity index (χ3n) is 1.76. The van der Waals surface area contributed by atoms with Crippen LogP contribution >= 0.6 is 0 Å². The number of carbonyl (C=O) groups is 1. The molecule has 1 rings (SSSR count). The summed E-state index contributed by atoms with van der Waals surface area (Å²) in [6.07, 6.45) is 6.87. The standard InChI is InChI=1S/C13H12O2/c1-3-12(13(14)15-4-2)10-11-8-6-5-7-9-11/h1,5-10H,4H2,2H3/b12-10+. The molecule has 0 unspecified atom stereocenters. The van der Waals surface area contributed by atoms with Gasteiger partial charge in [0.25, 0.3) is 0 Å². The molecule has 0 bridgehead atoms. The summed E-state index contributed by atoms with van der Waals surface area (Å²) in [5.41, 5.74) is 1.13. The van der Waals surface area contributed by atoms with Gasteiger partial charge in [0.2, 0.25) is 0 Å². The fourth-order valence-electron chi connectivity index (χ4n) is 1.08. The van der Waals surface area contributed by atoms with Crippen LogP contribution in [-0.4, -0.2) is 12.6 Å². The molecule has 1 aromatic carbocycles. The van der Waals surface area contributed by atoms with Crippen molar-refractivity contribution in [3.05, 3.63) is 41.5 Å². The molecule has 0 saturated heterocycles. The van der Waals surface area contributed by atoms with Crippen molar-refractivity contribution in [2.75, 3.05) is 6.61 Å². The number of esters is 1. The van der Waals surface area contributed by atoms with Gasteiger partial charge < -0.3 is 4.74 Å². The summed E-state index contributed by atoms with van der Waals surface area (Å²) in [5, 5.41) is 0. The lowest BCUT2D eigenvalue weighted by atomic mass is 10.1. The molecule has 0 aromatic heterocycles. The molecule has 0 heterocycles. The molecule has 0 saturated carbocycles. The zero-order valence-corrected chi connectivity index (χ0v) is 8.57. The molecule has 0 aliphatic rings. The van der Waals surface area contributed by atoms with Crippen LogP contribution in [0.15, 0.2) is 35.9 Å². The van der Waals surface area contributed by atoms with Crippen molar-refractivity contribution in [3.63, 3.8) is 0 Å². The summed E-state index contributed by atoms with van der Waals surface area (Å²) in [6.45, 7) is 2.07. The van der Waals surface area contributed by atoms with Crippen LogP contribution in [0.25, 0.3) is 6.08 Å². The molecule has 0 amide bonds. The van der Waals surface area contributed by atoms with E-state index < -0.39 is 5.97 Å². The normalized spacial score (nSPS) is 10.5. The van der Waals surface area contributed by atoms with Crippen LogP contribution < -0.4 is 0 Å². The van der Waals surface area contributed by atoms with Crippen molar-refractivity contribution < 1.29 is 9.53 Å². The van der Waals surface area contributed by atoms with Gasteiger partial charge in [-0.2, -0.15) is 0 Å². The van der Waals surface area contributed by atoms with E-state index in [1.54, 1.807) is 13.0 Å². The Labute approximate surface area is 89.6 Å². The molecular formula is C13H12O2. The molecule has 15 heavy (non-hydrogen) atoms. The number of ether oxygens (including phenoxy) is 1. The van der Waals surface area contributed by atoms with Crippen molar-refractivity contribution in [1.82, 2.24) is 0 Å². The van der Waals surface area contributed by atoms with Crippen LogP contribution in [0.5, 0.6) is 0 Å². The quantitative estimate of drug-likeness (QED) is 0.425. The zero-order chi connectivity index (χ0) is 11.1. The maximum absolute atomic E-state index is 11.3. The Morgan fingerprint density at radius 2 is 2.13 bits per heavy atom. The van der Waals surface area contributed by atoms with E-state index in [0.717, 1.165) is 5.56 Å². The molecule has 1 aromatic rings. The van der Waals surface area contributed by atoms with Crippen LogP contribution in [0.4, 0.5) is 0 Å². The van der Waals surface area contributed by atoms with Gasteiger partial charge in [-0.1, -0.05) is 36.3 Å². The molecule has 0 radical (unpaired) electrons. The Balaban J connectivity index is 2.89. The second kappa shape index (κ2) is 5.66. The molecule has 2 nitrogen and oxygen atoms in total. The molecular weight excluding hydrogens is 188 g/mol. The van der Waals surface area contributed by atoms with Crippen LogP contribution in [-0.2, 0) is 9.53 Å². The van der Waals surface area contributed by atoms with Crippen LogP contribution in [0.3, 0.4) is 0 Å². The Morgan fingerprint density at radius 3 is 2.67 bits per heavy atom. The third-order valence-corrected chi connectivity index (χ3v) is 1.76. The first-order valence-electron chi connectivity index (χ1n) is 4.68. The summed E-state index contributed by atoms with van der Waals surface area (Å²) < 4.78 is 4.82. The van der Waals surface area contributed by atoms with Gasteiger partial charge >= 0.3 is 5.97 Å². The lowest BCUT2D eigenvalue weighted by Gasteiger charge is -2.00. The van der Waals surface area contributed by atoms with E-state index in [0.29, 0.717) is 6.61 Å². The average Bonchev–Trinajstić information content (AvgIpc) is 2.27. The highest BCUT2D eigenvalue weighted by molar-refractivity contribution is 5.98. The summed E-state index contributed by atoms with van der Waals surface area (Å²) >= 11 is 0. The van der Waals surface area contributed by atoms with Crippen LogP contribution in [0.1, 0.15) is 12.5 Å². The van der Waals surface area contributed by atoms with E-state index in [1.807, 2.05) is 30.3 Å². The molecule has 0 aliphatic carbocycles. The number of rotatable bonds is 3. The Kier molecular flexibility index (Phi) is 4.18. The zero-order valence-electron chi connectivity index (χ0n) is 8.57. The fraction of sp³-hybridized carbons (Fsp3) is 0.154. The number of hydrogen-bond donors (Lipinski definition) is 0. The number of benzene rings is 1. The van der Waals surface area contributed by atoms with Gasteiger partial charge in [0.1, 0.15) is 5.57 Å². The predicted octanol–water partition coefficient (Wildman–Crippen LogP) is 2.27. The highest BCUT2D eigenvalue weighted by Gasteiger charge is 2.06. The summed E-state index contributed by atoms with van der Waals surface area (Å²) in [4.78, 5) is 11.3. The van der Waals surface area contributed by atoms with Gasteiger partial charge in [-0.3, -0.25) is 0 Å². The SMILES string of the molecule is C#C/C(=C\c1ccccc1)C(=O)OCC. The Hall–Kier alpha value is -2.01. The van der Waals surface area contributed by atoms with Gasteiger partial charge in [-0.05, 0) is 18.6 Å². The van der Waals surface area contributed by atoms with Gasteiger partial charge in [0.15, 0.2) is 0 Å². The molecule has 2 heteroatoms. The largest absolute Gasteiger partial charge is 0.462 e. The van der Waals surface area contributed by atoms with E-state index in [9.17, 15) is 4.79 Å².